The molecule has 0 bridgehead atoms. The Labute approximate surface area is 213 Å². The number of rotatable bonds is 8. The summed E-state index contributed by atoms with van der Waals surface area (Å²) < 4.78 is 6.58. The molecule has 0 unspecified atom stereocenters. The summed E-state index contributed by atoms with van der Waals surface area (Å²) >= 11 is 0. The Morgan fingerprint density at radius 3 is 2.78 bits per heavy atom. The minimum atomic E-state index is 0.335. The Balaban J connectivity index is 1.47. The van der Waals surface area contributed by atoms with Gasteiger partial charge < -0.3 is 15.4 Å². The largest absolute Gasteiger partial charge is 0.437 e. The van der Waals surface area contributed by atoms with Crippen LogP contribution in [0.25, 0.3) is 22.0 Å². The number of nitrogens with zero attached hydrogens (tertiary/aromatic N) is 3. The van der Waals surface area contributed by atoms with Crippen molar-refractivity contribution in [2.75, 3.05) is 18.4 Å². The zero-order valence-corrected chi connectivity index (χ0v) is 21.4. The Kier molecular flexibility index (Phi) is 7.42. The maximum absolute atomic E-state index is 6.58. The predicted octanol–water partition coefficient (Wildman–Crippen LogP) is 6.55. The third-order valence-electron chi connectivity index (χ3n) is 6.82. The molecule has 6 heteroatoms. The van der Waals surface area contributed by atoms with Gasteiger partial charge in [-0.15, -0.1) is 0 Å². The highest BCUT2D eigenvalue weighted by atomic mass is 16.5. The first-order chi connectivity index (χ1) is 17.6. The van der Waals surface area contributed by atoms with Gasteiger partial charge in [-0.1, -0.05) is 44.2 Å². The number of anilines is 1. The molecule has 1 saturated heterocycles. The van der Waals surface area contributed by atoms with Crippen molar-refractivity contribution in [2.45, 2.75) is 52.5 Å². The molecule has 5 rings (SSSR count). The number of nitrogens with one attached hydrogen (secondary N) is 2. The molecule has 2 aromatic carbocycles. The summed E-state index contributed by atoms with van der Waals surface area (Å²) in [5.74, 6) is 2.69. The van der Waals surface area contributed by atoms with Crippen LogP contribution >= 0.6 is 0 Å². The van der Waals surface area contributed by atoms with E-state index in [1.165, 1.54) is 10.9 Å². The molecule has 1 fully saturated rings. The molecule has 0 aliphatic carbocycles. The highest BCUT2D eigenvalue weighted by molar-refractivity contribution is 5.92. The van der Waals surface area contributed by atoms with E-state index in [0.717, 1.165) is 66.7 Å². The average molecular weight is 482 g/mol. The van der Waals surface area contributed by atoms with Crippen LogP contribution in [-0.4, -0.2) is 34.1 Å². The second-order valence-corrected chi connectivity index (χ2v) is 10.1. The number of hydrogen-bond donors (Lipinski definition) is 2. The average Bonchev–Trinajstić information content (AvgIpc) is 2.90. The molecule has 1 aliphatic rings. The van der Waals surface area contributed by atoms with Crippen LogP contribution < -0.4 is 15.4 Å². The van der Waals surface area contributed by atoms with Crippen LogP contribution in [0.2, 0.25) is 0 Å². The second kappa shape index (κ2) is 11.0. The molecule has 1 aliphatic heterocycles. The van der Waals surface area contributed by atoms with Crippen LogP contribution in [0.4, 0.5) is 5.95 Å². The van der Waals surface area contributed by atoms with E-state index in [1.807, 2.05) is 18.2 Å². The Bertz CT molecular complexity index is 1330. The van der Waals surface area contributed by atoms with Crippen LogP contribution in [0, 0.1) is 12.8 Å². The summed E-state index contributed by atoms with van der Waals surface area (Å²) in [6, 6.07) is 17.0. The molecular formula is C30H35N5O. The van der Waals surface area contributed by atoms with Gasteiger partial charge in [-0.05, 0) is 79.8 Å². The number of fused-ring (bicyclic) bond motifs is 1. The summed E-state index contributed by atoms with van der Waals surface area (Å²) in [6.45, 7) is 8.62. The molecule has 4 aromatic rings. The molecule has 0 spiro atoms. The van der Waals surface area contributed by atoms with Gasteiger partial charge in [0.2, 0.25) is 11.8 Å². The van der Waals surface area contributed by atoms with Gasteiger partial charge in [0.15, 0.2) is 0 Å². The summed E-state index contributed by atoms with van der Waals surface area (Å²) in [5.41, 5.74) is 4.07. The predicted molar refractivity (Wildman–Crippen MR) is 147 cm³/mol. The molecular weight excluding hydrogens is 446 g/mol. The first-order valence-electron chi connectivity index (χ1n) is 13.0. The number of ether oxygens (including phenoxy) is 1. The van der Waals surface area contributed by atoms with Crippen molar-refractivity contribution in [3.05, 3.63) is 72.1 Å². The fourth-order valence-electron chi connectivity index (χ4n) is 4.80. The first-order valence-corrected chi connectivity index (χ1v) is 13.0. The van der Waals surface area contributed by atoms with E-state index in [0.29, 0.717) is 23.8 Å². The SMILES string of the molecule is Cc1ccc2c(CCC(C)C)cccc2c1Oc1ncccc1-c1ccnc(N[C@H]2CCCNC2)n1. The molecule has 0 saturated carbocycles. The topological polar surface area (TPSA) is 72.0 Å². The van der Waals surface area contributed by atoms with Crippen molar-refractivity contribution in [2.24, 2.45) is 5.92 Å². The molecule has 1 atom stereocenters. The van der Waals surface area contributed by atoms with Gasteiger partial charge in [-0.2, -0.15) is 0 Å². The lowest BCUT2D eigenvalue weighted by atomic mass is 9.96. The van der Waals surface area contributed by atoms with E-state index in [4.69, 9.17) is 9.72 Å². The zero-order chi connectivity index (χ0) is 24.9. The van der Waals surface area contributed by atoms with Crippen LogP contribution in [0.15, 0.2) is 60.9 Å². The lowest BCUT2D eigenvalue weighted by molar-refractivity contribution is 0.466. The Morgan fingerprint density at radius 1 is 1.03 bits per heavy atom. The molecule has 2 N–H and O–H groups in total. The minimum absolute atomic E-state index is 0.335. The monoisotopic (exact) mass is 481 g/mol. The molecule has 36 heavy (non-hydrogen) atoms. The number of hydrogen-bond acceptors (Lipinski definition) is 6. The number of aromatic nitrogens is 3. The van der Waals surface area contributed by atoms with Gasteiger partial charge in [-0.3, -0.25) is 0 Å². The maximum Gasteiger partial charge on any atom is 0.228 e. The third-order valence-corrected chi connectivity index (χ3v) is 6.82. The van der Waals surface area contributed by atoms with E-state index >= 15 is 0 Å². The highest BCUT2D eigenvalue weighted by Crippen LogP contribution is 2.37. The molecule has 3 heterocycles. The van der Waals surface area contributed by atoms with Gasteiger partial charge in [0, 0.05) is 30.4 Å². The smallest absolute Gasteiger partial charge is 0.228 e. The van der Waals surface area contributed by atoms with Crippen LogP contribution in [0.5, 0.6) is 11.6 Å². The Hall–Kier alpha value is -3.51. The second-order valence-electron chi connectivity index (χ2n) is 10.1. The maximum atomic E-state index is 6.58. The third kappa shape index (κ3) is 5.49. The van der Waals surface area contributed by atoms with Crippen molar-refractivity contribution in [3.63, 3.8) is 0 Å². The normalized spacial score (nSPS) is 15.8. The standard InChI is InChI=1S/C30H35N5O/c1-20(2)11-13-22-7-4-9-25-24(22)14-12-21(3)28(25)36-29-26(10-6-17-32-29)27-15-18-33-30(35-27)34-23-8-5-16-31-19-23/h4,6-7,9-10,12,14-15,17-18,20,23,31H,5,8,11,13,16,19H2,1-3H3,(H,33,34,35)/t23-/m0/s1. The molecule has 186 valence electrons. The minimum Gasteiger partial charge on any atom is -0.437 e. The lowest BCUT2D eigenvalue weighted by Gasteiger charge is -2.23. The number of pyridine rings is 1. The van der Waals surface area contributed by atoms with E-state index in [1.54, 1.807) is 12.4 Å². The molecule has 0 amide bonds. The van der Waals surface area contributed by atoms with Crippen molar-refractivity contribution >= 4 is 16.7 Å². The summed E-state index contributed by atoms with van der Waals surface area (Å²) in [7, 11) is 0. The van der Waals surface area contributed by atoms with Crippen molar-refractivity contribution in [1.82, 2.24) is 20.3 Å². The van der Waals surface area contributed by atoms with Gasteiger partial charge >= 0.3 is 0 Å². The Morgan fingerprint density at radius 2 is 1.94 bits per heavy atom. The number of piperidine rings is 1. The van der Waals surface area contributed by atoms with Crippen molar-refractivity contribution in [1.29, 1.82) is 0 Å². The van der Waals surface area contributed by atoms with Gasteiger partial charge in [-0.25, -0.2) is 15.0 Å². The molecule has 0 radical (unpaired) electrons. The zero-order valence-electron chi connectivity index (χ0n) is 21.4. The summed E-state index contributed by atoms with van der Waals surface area (Å²) in [6.07, 6.45) is 8.04. The summed E-state index contributed by atoms with van der Waals surface area (Å²) in [4.78, 5) is 13.9. The lowest BCUT2D eigenvalue weighted by Crippen LogP contribution is -2.38. The van der Waals surface area contributed by atoms with Gasteiger partial charge in [0.1, 0.15) is 5.75 Å². The fraction of sp³-hybridized carbons (Fsp3) is 0.367. The highest BCUT2D eigenvalue weighted by Gasteiger charge is 2.17. The van der Waals surface area contributed by atoms with Crippen LogP contribution in [-0.2, 0) is 6.42 Å². The van der Waals surface area contributed by atoms with E-state index < -0.39 is 0 Å². The van der Waals surface area contributed by atoms with Crippen molar-refractivity contribution in [3.8, 4) is 22.9 Å². The van der Waals surface area contributed by atoms with Crippen LogP contribution in [0.3, 0.4) is 0 Å². The van der Waals surface area contributed by atoms with Gasteiger partial charge in [0.05, 0.1) is 11.3 Å². The number of benzene rings is 2. The number of aryl methyl sites for hydroxylation is 2. The molecule has 6 nitrogen and oxygen atoms in total. The van der Waals surface area contributed by atoms with Crippen molar-refractivity contribution < 1.29 is 4.74 Å². The molecule has 2 aromatic heterocycles. The summed E-state index contributed by atoms with van der Waals surface area (Å²) in [5, 5.41) is 9.26. The van der Waals surface area contributed by atoms with Crippen LogP contribution in [0.1, 0.15) is 44.2 Å². The van der Waals surface area contributed by atoms with E-state index in [9.17, 15) is 0 Å². The van der Waals surface area contributed by atoms with E-state index in [2.05, 4.69) is 71.7 Å². The van der Waals surface area contributed by atoms with Gasteiger partial charge in [0.25, 0.3) is 0 Å². The van der Waals surface area contributed by atoms with E-state index in [-0.39, 0.29) is 0 Å². The quantitative estimate of drug-likeness (QED) is 0.297. The fourth-order valence-corrected chi connectivity index (χ4v) is 4.80. The first kappa shape index (κ1) is 24.2.